The number of aromatic nitrogens is 2. The van der Waals surface area contributed by atoms with E-state index in [0.29, 0.717) is 10.2 Å². The molecule has 0 fully saturated rings. The molecule has 2 aromatic rings. The number of hydrogen-bond acceptors (Lipinski definition) is 3. The summed E-state index contributed by atoms with van der Waals surface area (Å²) in [6, 6.07) is 5.70. The van der Waals surface area contributed by atoms with Gasteiger partial charge in [0, 0.05) is 10.2 Å². The monoisotopic (exact) mass is 343 g/mol. The molecule has 1 amide bonds. The average molecular weight is 345 g/mol. The number of nitrogens with one attached hydrogen (secondary N) is 1. The highest BCUT2D eigenvalue weighted by molar-refractivity contribution is 9.10. The Bertz CT molecular complexity index is 631. The lowest BCUT2D eigenvalue weighted by molar-refractivity contribution is 0.102. The molecule has 1 aromatic carbocycles. The molecule has 0 aliphatic rings. The minimum absolute atomic E-state index is 0.0392. The summed E-state index contributed by atoms with van der Waals surface area (Å²) < 4.78 is 14.2. The van der Waals surface area contributed by atoms with Crippen LogP contribution in [0.5, 0.6) is 0 Å². The molecule has 0 unspecified atom stereocenters. The predicted octanol–water partition coefficient (Wildman–Crippen LogP) is 3.59. The fourth-order valence-corrected chi connectivity index (χ4v) is 2.00. The van der Waals surface area contributed by atoms with E-state index < -0.39 is 11.7 Å². The first kappa shape index (κ1) is 13.9. The van der Waals surface area contributed by atoms with Gasteiger partial charge in [-0.15, -0.1) is 0 Å². The number of nitrogens with zero attached hydrogens (tertiary/aromatic N) is 2. The standard InChI is InChI=1S/C12H8BrClFN3O/c1-6-4-10(14)17-12(16-6)18-11(19)8-3-2-7(13)5-9(8)15/h2-5H,1H3,(H,16,17,18,19). The zero-order valence-corrected chi connectivity index (χ0v) is 12.1. The number of amides is 1. The summed E-state index contributed by atoms with van der Waals surface area (Å²) >= 11 is 8.87. The lowest BCUT2D eigenvalue weighted by atomic mass is 10.2. The van der Waals surface area contributed by atoms with Gasteiger partial charge in [0.25, 0.3) is 5.91 Å². The molecule has 1 aromatic heterocycles. The Morgan fingerprint density at radius 1 is 1.37 bits per heavy atom. The van der Waals surface area contributed by atoms with E-state index in [9.17, 15) is 9.18 Å². The second-order valence-corrected chi connectivity index (χ2v) is 5.04. The molecule has 0 radical (unpaired) electrons. The van der Waals surface area contributed by atoms with Crippen LogP contribution < -0.4 is 5.32 Å². The number of anilines is 1. The van der Waals surface area contributed by atoms with Crippen LogP contribution in [0.4, 0.5) is 10.3 Å². The van der Waals surface area contributed by atoms with Crippen LogP contribution in [0.2, 0.25) is 5.15 Å². The fourth-order valence-electron chi connectivity index (χ4n) is 1.43. The number of carbonyl (C=O) groups excluding carboxylic acids is 1. The van der Waals surface area contributed by atoms with Crippen LogP contribution in [0.1, 0.15) is 16.1 Å². The molecule has 0 aliphatic heterocycles. The number of halogens is 3. The molecule has 4 nitrogen and oxygen atoms in total. The summed E-state index contributed by atoms with van der Waals surface area (Å²) in [4.78, 5) is 19.7. The summed E-state index contributed by atoms with van der Waals surface area (Å²) in [6.45, 7) is 1.71. The second-order valence-electron chi connectivity index (χ2n) is 3.73. The fraction of sp³-hybridized carbons (Fsp3) is 0.0833. The summed E-state index contributed by atoms with van der Waals surface area (Å²) in [5.41, 5.74) is 0.510. The number of carbonyl (C=O) groups is 1. The first-order valence-electron chi connectivity index (χ1n) is 5.23. The third-order valence-electron chi connectivity index (χ3n) is 2.22. The van der Waals surface area contributed by atoms with Gasteiger partial charge in [0.1, 0.15) is 11.0 Å². The molecule has 1 N–H and O–H groups in total. The lowest BCUT2D eigenvalue weighted by Crippen LogP contribution is -2.16. The minimum Gasteiger partial charge on any atom is -0.290 e. The molecule has 98 valence electrons. The highest BCUT2D eigenvalue weighted by Gasteiger charge is 2.13. The van der Waals surface area contributed by atoms with E-state index in [-0.39, 0.29) is 16.7 Å². The van der Waals surface area contributed by atoms with E-state index in [2.05, 4.69) is 31.2 Å². The van der Waals surface area contributed by atoms with Gasteiger partial charge in [-0.05, 0) is 31.2 Å². The second kappa shape index (κ2) is 5.63. The normalized spacial score (nSPS) is 10.3. The van der Waals surface area contributed by atoms with Gasteiger partial charge in [0.2, 0.25) is 5.95 Å². The van der Waals surface area contributed by atoms with Gasteiger partial charge in [0.05, 0.1) is 5.56 Å². The largest absolute Gasteiger partial charge is 0.290 e. The Hall–Kier alpha value is -1.53. The molecule has 0 bridgehead atoms. The van der Waals surface area contributed by atoms with Gasteiger partial charge < -0.3 is 0 Å². The van der Waals surface area contributed by atoms with E-state index in [1.807, 2.05) is 0 Å². The Morgan fingerprint density at radius 2 is 2.11 bits per heavy atom. The summed E-state index contributed by atoms with van der Waals surface area (Å²) in [6.07, 6.45) is 0. The van der Waals surface area contributed by atoms with Crippen molar-refractivity contribution in [3.8, 4) is 0 Å². The van der Waals surface area contributed by atoms with Crippen LogP contribution >= 0.6 is 27.5 Å². The molecule has 0 atom stereocenters. The van der Waals surface area contributed by atoms with E-state index in [4.69, 9.17) is 11.6 Å². The van der Waals surface area contributed by atoms with E-state index >= 15 is 0 Å². The number of aryl methyl sites for hydroxylation is 1. The Kier molecular flexibility index (Phi) is 4.11. The van der Waals surface area contributed by atoms with E-state index in [1.165, 1.54) is 12.1 Å². The highest BCUT2D eigenvalue weighted by atomic mass is 79.9. The quantitative estimate of drug-likeness (QED) is 0.847. The van der Waals surface area contributed by atoms with E-state index in [1.54, 1.807) is 19.1 Å². The van der Waals surface area contributed by atoms with E-state index in [0.717, 1.165) is 0 Å². The van der Waals surface area contributed by atoms with Crippen molar-refractivity contribution in [1.82, 2.24) is 9.97 Å². The molecule has 0 aliphatic carbocycles. The van der Waals surface area contributed by atoms with Crippen molar-refractivity contribution in [2.45, 2.75) is 6.92 Å². The van der Waals surface area contributed by atoms with Gasteiger partial charge in [0.15, 0.2) is 0 Å². The Morgan fingerprint density at radius 3 is 2.74 bits per heavy atom. The third kappa shape index (κ3) is 3.48. The molecule has 1 heterocycles. The zero-order valence-electron chi connectivity index (χ0n) is 9.75. The van der Waals surface area contributed by atoms with Crippen molar-refractivity contribution in [2.24, 2.45) is 0 Å². The molecule has 19 heavy (non-hydrogen) atoms. The van der Waals surface area contributed by atoms with Crippen LogP contribution in [0.15, 0.2) is 28.7 Å². The molecule has 2 rings (SSSR count). The number of rotatable bonds is 2. The van der Waals surface area contributed by atoms with Crippen molar-refractivity contribution >= 4 is 39.4 Å². The average Bonchev–Trinajstić information content (AvgIpc) is 2.26. The van der Waals surface area contributed by atoms with Crippen molar-refractivity contribution < 1.29 is 9.18 Å². The summed E-state index contributed by atoms with van der Waals surface area (Å²) in [5, 5.41) is 2.61. The topological polar surface area (TPSA) is 54.9 Å². The molecule has 0 saturated heterocycles. The maximum Gasteiger partial charge on any atom is 0.260 e. The van der Waals surface area contributed by atoms with Gasteiger partial charge in [-0.2, -0.15) is 0 Å². The van der Waals surface area contributed by atoms with Gasteiger partial charge >= 0.3 is 0 Å². The predicted molar refractivity (Wildman–Crippen MR) is 73.8 cm³/mol. The SMILES string of the molecule is Cc1cc(Cl)nc(NC(=O)c2ccc(Br)cc2F)n1. The lowest BCUT2D eigenvalue weighted by Gasteiger charge is -2.06. The number of benzene rings is 1. The minimum atomic E-state index is -0.634. The van der Waals surface area contributed by atoms with Crippen molar-refractivity contribution in [3.63, 3.8) is 0 Å². The van der Waals surface area contributed by atoms with Crippen LogP contribution in [0.25, 0.3) is 0 Å². The maximum absolute atomic E-state index is 13.6. The first-order chi connectivity index (χ1) is 8.95. The molecular formula is C12H8BrClFN3O. The smallest absolute Gasteiger partial charge is 0.260 e. The third-order valence-corrected chi connectivity index (χ3v) is 2.91. The first-order valence-corrected chi connectivity index (χ1v) is 6.40. The van der Waals surface area contributed by atoms with Crippen molar-refractivity contribution in [3.05, 3.63) is 51.0 Å². The Balaban J connectivity index is 2.25. The molecule has 0 spiro atoms. The highest BCUT2D eigenvalue weighted by Crippen LogP contribution is 2.17. The van der Waals surface area contributed by atoms with Crippen LogP contribution in [-0.4, -0.2) is 15.9 Å². The van der Waals surface area contributed by atoms with Crippen LogP contribution in [0.3, 0.4) is 0 Å². The molecule has 0 saturated carbocycles. The zero-order chi connectivity index (χ0) is 14.0. The van der Waals surface area contributed by atoms with Gasteiger partial charge in [-0.1, -0.05) is 27.5 Å². The van der Waals surface area contributed by atoms with Crippen LogP contribution in [-0.2, 0) is 0 Å². The van der Waals surface area contributed by atoms with Crippen molar-refractivity contribution in [2.75, 3.05) is 5.32 Å². The molecule has 7 heteroatoms. The van der Waals surface area contributed by atoms with Crippen molar-refractivity contribution in [1.29, 1.82) is 0 Å². The summed E-state index contributed by atoms with van der Waals surface area (Å²) in [7, 11) is 0. The number of hydrogen-bond donors (Lipinski definition) is 1. The van der Waals surface area contributed by atoms with Gasteiger partial charge in [-0.3, -0.25) is 10.1 Å². The van der Waals surface area contributed by atoms with Gasteiger partial charge in [-0.25, -0.2) is 14.4 Å². The Labute approximate surface area is 122 Å². The molecular weight excluding hydrogens is 337 g/mol. The van der Waals surface area contributed by atoms with Crippen LogP contribution in [0, 0.1) is 12.7 Å². The maximum atomic E-state index is 13.6. The summed E-state index contributed by atoms with van der Waals surface area (Å²) in [5.74, 6) is -1.23.